The minimum absolute atomic E-state index is 0.578. The zero-order chi connectivity index (χ0) is 33.6. The van der Waals surface area contributed by atoms with Crippen LogP contribution in [0, 0.1) is 22.7 Å². The van der Waals surface area contributed by atoms with E-state index in [1.807, 2.05) is 84.9 Å². The SMILES string of the molecule is N#Cc1ccc(N(c2ccc(C#N)cc2)c2cc(N3c4ccccc4Oc4ccccc43)cc(-n3c4ccccc4c4ccccc43)c2)cc1. The Morgan fingerprint density at radius 1 is 0.460 bits per heavy atom. The average molecular weight is 642 g/mol. The van der Waals surface area contributed by atoms with E-state index < -0.39 is 0 Å². The van der Waals surface area contributed by atoms with Crippen molar-refractivity contribution in [3.8, 4) is 29.3 Å². The molecule has 2 heterocycles. The Morgan fingerprint density at radius 2 is 0.920 bits per heavy atom. The third-order valence-corrected chi connectivity index (χ3v) is 9.18. The van der Waals surface area contributed by atoms with Gasteiger partial charge in [0.05, 0.1) is 62.7 Å². The van der Waals surface area contributed by atoms with Crippen LogP contribution in [0.25, 0.3) is 27.5 Å². The fourth-order valence-electron chi connectivity index (χ4n) is 6.97. The summed E-state index contributed by atoms with van der Waals surface area (Å²) in [6.45, 7) is 0. The number of nitrogens with zero attached hydrogens (tertiary/aromatic N) is 5. The van der Waals surface area contributed by atoms with E-state index in [0.717, 1.165) is 62.3 Å². The molecule has 0 fully saturated rings. The van der Waals surface area contributed by atoms with Crippen LogP contribution in [0.15, 0.2) is 164 Å². The number of benzene rings is 7. The first kappa shape index (κ1) is 28.9. The van der Waals surface area contributed by atoms with E-state index in [2.05, 4.69) is 105 Å². The number of fused-ring (bicyclic) bond motifs is 5. The van der Waals surface area contributed by atoms with Gasteiger partial charge < -0.3 is 19.1 Å². The minimum atomic E-state index is 0.578. The molecule has 0 spiro atoms. The van der Waals surface area contributed by atoms with Crippen LogP contribution < -0.4 is 14.5 Å². The van der Waals surface area contributed by atoms with Gasteiger partial charge in [0.1, 0.15) is 0 Å². The predicted molar refractivity (Wildman–Crippen MR) is 200 cm³/mol. The highest BCUT2D eigenvalue weighted by molar-refractivity contribution is 6.09. The molecule has 8 aromatic rings. The van der Waals surface area contributed by atoms with Crippen LogP contribution in [-0.2, 0) is 0 Å². The summed E-state index contributed by atoms with van der Waals surface area (Å²) < 4.78 is 8.72. The molecule has 1 aliphatic rings. The second-order valence-electron chi connectivity index (χ2n) is 12.1. The smallest absolute Gasteiger partial charge is 0.151 e. The molecule has 9 rings (SSSR count). The highest BCUT2D eigenvalue weighted by Crippen LogP contribution is 2.51. The van der Waals surface area contributed by atoms with Gasteiger partial charge in [-0.1, -0.05) is 60.7 Å². The Kier molecular flexibility index (Phi) is 6.79. The molecule has 7 aromatic carbocycles. The number of aromatic nitrogens is 1. The quantitative estimate of drug-likeness (QED) is 0.187. The van der Waals surface area contributed by atoms with E-state index in [-0.39, 0.29) is 0 Å². The van der Waals surface area contributed by atoms with Crippen LogP contribution in [-0.4, -0.2) is 4.57 Å². The molecule has 1 aromatic heterocycles. The van der Waals surface area contributed by atoms with Gasteiger partial charge in [-0.15, -0.1) is 0 Å². The lowest BCUT2D eigenvalue weighted by Gasteiger charge is -2.34. The maximum atomic E-state index is 9.60. The Bertz CT molecular complexity index is 2500. The van der Waals surface area contributed by atoms with Crippen LogP contribution >= 0.6 is 0 Å². The van der Waals surface area contributed by atoms with Crippen LogP contribution in [0.4, 0.5) is 34.1 Å². The molecule has 50 heavy (non-hydrogen) atoms. The number of hydrogen-bond donors (Lipinski definition) is 0. The van der Waals surface area contributed by atoms with Gasteiger partial charge in [-0.05, 0) is 103 Å². The van der Waals surface area contributed by atoms with E-state index in [0.29, 0.717) is 11.1 Å². The highest BCUT2D eigenvalue weighted by Gasteiger charge is 2.27. The van der Waals surface area contributed by atoms with Crippen molar-refractivity contribution in [2.45, 2.75) is 0 Å². The molecule has 0 saturated heterocycles. The van der Waals surface area contributed by atoms with Crippen molar-refractivity contribution >= 4 is 55.9 Å². The number of nitriles is 2. The predicted octanol–water partition coefficient (Wildman–Crippen LogP) is 11.6. The Labute approximate surface area is 289 Å². The van der Waals surface area contributed by atoms with Crippen LogP contribution in [0.2, 0.25) is 0 Å². The molecule has 0 radical (unpaired) electrons. The molecular weight excluding hydrogens is 615 g/mol. The molecule has 0 bridgehead atoms. The van der Waals surface area contributed by atoms with Crippen molar-refractivity contribution in [3.63, 3.8) is 0 Å². The van der Waals surface area contributed by atoms with Crippen molar-refractivity contribution in [1.29, 1.82) is 10.5 Å². The third kappa shape index (κ3) is 4.72. The molecule has 1 aliphatic heterocycles. The zero-order valence-electron chi connectivity index (χ0n) is 26.7. The normalized spacial score (nSPS) is 11.7. The lowest BCUT2D eigenvalue weighted by atomic mass is 10.1. The maximum Gasteiger partial charge on any atom is 0.151 e. The van der Waals surface area contributed by atoms with E-state index in [9.17, 15) is 10.5 Å². The minimum Gasteiger partial charge on any atom is -0.453 e. The molecule has 6 nitrogen and oxygen atoms in total. The van der Waals surface area contributed by atoms with Crippen LogP contribution in [0.5, 0.6) is 11.5 Å². The molecule has 0 aliphatic carbocycles. The molecule has 0 atom stereocenters. The molecule has 0 unspecified atom stereocenters. The fourth-order valence-corrected chi connectivity index (χ4v) is 6.97. The number of hydrogen-bond acceptors (Lipinski definition) is 5. The number of rotatable bonds is 5. The van der Waals surface area contributed by atoms with Gasteiger partial charge in [0, 0.05) is 22.1 Å². The molecule has 234 valence electrons. The topological polar surface area (TPSA) is 68.2 Å². The largest absolute Gasteiger partial charge is 0.453 e. The van der Waals surface area contributed by atoms with Crippen molar-refractivity contribution < 1.29 is 4.74 Å². The lowest BCUT2D eigenvalue weighted by molar-refractivity contribution is 0.477. The Balaban J connectivity index is 1.37. The second kappa shape index (κ2) is 11.8. The van der Waals surface area contributed by atoms with Crippen LogP contribution in [0.3, 0.4) is 0 Å². The standard InChI is InChI=1S/C44H27N5O/c45-28-30-17-21-32(22-18-30)47(33-23-19-31(29-46)20-24-33)34-25-35(48-39-11-3-1-9-37(39)38-10-2-4-12-40(38)48)27-36(26-34)49-41-13-5-7-15-43(41)50-44-16-8-6-14-42(44)49/h1-27H. The summed E-state index contributed by atoms with van der Waals surface area (Å²) >= 11 is 0. The number of para-hydroxylation sites is 6. The Hall–Kier alpha value is -7.28. The van der Waals surface area contributed by atoms with Gasteiger partial charge in [0.2, 0.25) is 0 Å². The van der Waals surface area contributed by atoms with Gasteiger partial charge in [0.25, 0.3) is 0 Å². The van der Waals surface area contributed by atoms with Gasteiger partial charge in [-0.2, -0.15) is 10.5 Å². The first-order valence-corrected chi connectivity index (χ1v) is 16.3. The van der Waals surface area contributed by atoms with E-state index >= 15 is 0 Å². The first-order chi connectivity index (χ1) is 24.7. The molecule has 0 saturated carbocycles. The maximum absolute atomic E-state index is 9.60. The van der Waals surface area contributed by atoms with Crippen LogP contribution in [0.1, 0.15) is 11.1 Å². The Morgan fingerprint density at radius 3 is 1.44 bits per heavy atom. The van der Waals surface area contributed by atoms with Gasteiger partial charge >= 0.3 is 0 Å². The summed E-state index contributed by atoms with van der Waals surface area (Å²) in [5, 5.41) is 21.6. The monoisotopic (exact) mass is 641 g/mol. The first-order valence-electron chi connectivity index (χ1n) is 16.3. The van der Waals surface area contributed by atoms with Gasteiger partial charge in [-0.25, -0.2) is 0 Å². The molecule has 0 N–H and O–H groups in total. The van der Waals surface area contributed by atoms with Crippen molar-refractivity contribution in [3.05, 3.63) is 175 Å². The van der Waals surface area contributed by atoms with Crippen molar-refractivity contribution in [2.24, 2.45) is 0 Å². The van der Waals surface area contributed by atoms with Gasteiger partial charge in [-0.3, -0.25) is 0 Å². The zero-order valence-corrected chi connectivity index (χ0v) is 26.7. The van der Waals surface area contributed by atoms with Gasteiger partial charge in [0.15, 0.2) is 11.5 Å². The number of anilines is 6. The van der Waals surface area contributed by atoms with Crippen molar-refractivity contribution in [1.82, 2.24) is 4.57 Å². The second-order valence-corrected chi connectivity index (χ2v) is 12.1. The van der Waals surface area contributed by atoms with E-state index in [4.69, 9.17) is 4.74 Å². The third-order valence-electron chi connectivity index (χ3n) is 9.18. The van der Waals surface area contributed by atoms with Crippen molar-refractivity contribution in [2.75, 3.05) is 9.80 Å². The summed E-state index contributed by atoms with van der Waals surface area (Å²) in [6, 6.07) is 59.5. The summed E-state index contributed by atoms with van der Waals surface area (Å²) in [4.78, 5) is 4.42. The molecule has 0 amide bonds. The average Bonchev–Trinajstić information content (AvgIpc) is 3.52. The number of ether oxygens (including phenoxy) is 1. The fraction of sp³-hybridized carbons (Fsp3) is 0. The summed E-state index contributed by atoms with van der Waals surface area (Å²) in [7, 11) is 0. The summed E-state index contributed by atoms with van der Waals surface area (Å²) in [5.74, 6) is 1.54. The molecular formula is C44H27N5O. The summed E-state index contributed by atoms with van der Waals surface area (Å²) in [5.41, 5.74) is 9.78. The highest BCUT2D eigenvalue weighted by atomic mass is 16.5. The lowest BCUT2D eigenvalue weighted by Crippen LogP contribution is -2.17. The molecule has 6 heteroatoms. The van der Waals surface area contributed by atoms with E-state index in [1.165, 1.54) is 10.8 Å². The van der Waals surface area contributed by atoms with E-state index in [1.54, 1.807) is 0 Å². The summed E-state index contributed by atoms with van der Waals surface area (Å²) in [6.07, 6.45) is 0.